The molecule has 0 aliphatic rings. The van der Waals surface area contributed by atoms with Gasteiger partial charge in [0.15, 0.2) is 5.16 Å². The lowest BCUT2D eigenvalue weighted by atomic mass is 10.1. The molecule has 0 spiro atoms. The Hall–Kier alpha value is -4.44. The molecule has 5 rings (SSSR count). The summed E-state index contributed by atoms with van der Waals surface area (Å²) in [6.45, 7) is 0. The van der Waals surface area contributed by atoms with Crippen molar-refractivity contribution in [2.24, 2.45) is 0 Å². The van der Waals surface area contributed by atoms with Crippen molar-refractivity contribution < 1.29 is 9.59 Å². The molecule has 3 N–H and O–H groups in total. The number of nitrogens with one attached hydrogen (secondary N) is 3. The Bertz CT molecular complexity index is 1400. The summed E-state index contributed by atoms with van der Waals surface area (Å²) < 4.78 is 1.59. The molecule has 0 fully saturated rings. The number of thioether (sulfide) groups is 1. The third kappa shape index (κ3) is 4.81. The van der Waals surface area contributed by atoms with Crippen LogP contribution in [0.5, 0.6) is 0 Å². The lowest BCUT2D eigenvalue weighted by molar-refractivity contribution is 0.0846. The lowest BCUT2D eigenvalue weighted by Crippen LogP contribution is -2.41. The van der Waals surface area contributed by atoms with Crippen molar-refractivity contribution in [2.45, 2.75) is 10.9 Å². The number of para-hydroxylation sites is 2. The van der Waals surface area contributed by atoms with Gasteiger partial charge in [-0.05, 0) is 54.1 Å². The van der Waals surface area contributed by atoms with Gasteiger partial charge in [0.05, 0.1) is 16.7 Å². The van der Waals surface area contributed by atoms with E-state index in [1.54, 1.807) is 59.2 Å². The topological polar surface area (TPSA) is 118 Å². The van der Waals surface area contributed by atoms with Gasteiger partial charge in [0.25, 0.3) is 11.8 Å². The number of carbonyl (C=O) groups excluding carboxylic acids is 2. The van der Waals surface area contributed by atoms with Gasteiger partial charge in [0.2, 0.25) is 0 Å². The average molecular weight is 470 g/mol. The summed E-state index contributed by atoms with van der Waals surface area (Å²) in [5, 5.41) is 4.89. The number of imidazole rings is 1. The first-order valence-electron chi connectivity index (χ1n) is 10.4. The number of H-pyrrole nitrogens is 1. The van der Waals surface area contributed by atoms with Crippen molar-refractivity contribution in [1.82, 2.24) is 35.6 Å². The maximum absolute atomic E-state index is 12.4. The number of hydrazine groups is 1. The van der Waals surface area contributed by atoms with Crippen LogP contribution in [-0.4, -0.2) is 36.5 Å². The van der Waals surface area contributed by atoms with E-state index >= 15 is 0 Å². The third-order valence-corrected chi connectivity index (χ3v) is 6.01. The average Bonchev–Trinajstić information content (AvgIpc) is 3.56. The zero-order valence-electron chi connectivity index (χ0n) is 17.8. The van der Waals surface area contributed by atoms with Gasteiger partial charge in [0.1, 0.15) is 12.7 Å². The van der Waals surface area contributed by atoms with Crippen LogP contribution in [0.4, 0.5) is 0 Å². The van der Waals surface area contributed by atoms with Crippen LogP contribution in [0.2, 0.25) is 0 Å². The first kappa shape index (κ1) is 21.4. The van der Waals surface area contributed by atoms with Crippen LogP contribution in [0.25, 0.3) is 16.7 Å². The van der Waals surface area contributed by atoms with E-state index < -0.39 is 11.8 Å². The molecule has 2 aromatic heterocycles. The van der Waals surface area contributed by atoms with E-state index in [1.165, 1.54) is 6.33 Å². The number of amides is 2. The quantitative estimate of drug-likeness (QED) is 0.259. The minimum absolute atomic E-state index is 0.399. The molecule has 0 bridgehead atoms. The molecular formula is C24H19N7O2S. The largest absolute Gasteiger partial charge is 0.333 e. The Labute approximate surface area is 198 Å². The normalized spacial score (nSPS) is 10.8. The smallest absolute Gasteiger partial charge is 0.269 e. The van der Waals surface area contributed by atoms with Gasteiger partial charge < -0.3 is 4.98 Å². The van der Waals surface area contributed by atoms with E-state index in [2.05, 4.69) is 30.9 Å². The van der Waals surface area contributed by atoms with Crippen LogP contribution in [0.1, 0.15) is 26.3 Å². The van der Waals surface area contributed by atoms with E-state index in [-0.39, 0.29) is 0 Å². The maximum Gasteiger partial charge on any atom is 0.269 e. The summed E-state index contributed by atoms with van der Waals surface area (Å²) in [7, 11) is 0. The minimum Gasteiger partial charge on any atom is -0.333 e. The molecule has 0 aliphatic carbocycles. The Morgan fingerprint density at radius 2 is 1.56 bits per heavy atom. The predicted molar refractivity (Wildman–Crippen MR) is 128 cm³/mol. The molecule has 0 saturated heterocycles. The molecule has 34 heavy (non-hydrogen) atoms. The first-order valence-corrected chi connectivity index (χ1v) is 11.4. The molecule has 0 aliphatic heterocycles. The van der Waals surface area contributed by atoms with E-state index in [9.17, 15) is 9.59 Å². The fraction of sp³-hybridized carbons (Fsp3) is 0.0417. The van der Waals surface area contributed by atoms with Crippen molar-refractivity contribution in [3.05, 3.63) is 102 Å². The zero-order chi connectivity index (χ0) is 23.3. The maximum atomic E-state index is 12.4. The highest BCUT2D eigenvalue weighted by molar-refractivity contribution is 7.98. The van der Waals surface area contributed by atoms with Crippen LogP contribution < -0.4 is 10.9 Å². The predicted octanol–water partition coefficient (Wildman–Crippen LogP) is 3.51. The van der Waals surface area contributed by atoms with Gasteiger partial charge >= 0.3 is 0 Å². The highest BCUT2D eigenvalue weighted by Crippen LogP contribution is 2.23. The second-order valence-electron chi connectivity index (χ2n) is 7.34. The van der Waals surface area contributed by atoms with Crippen molar-refractivity contribution >= 4 is 34.6 Å². The molecule has 0 unspecified atom stereocenters. The molecule has 5 aromatic rings. The van der Waals surface area contributed by atoms with Crippen molar-refractivity contribution in [3.63, 3.8) is 0 Å². The van der Waals surface area contributed by atoms with Crippen LogP contribution >= 0.6 is 11.8 Å². The summed E-state index contributed by atoms with van der Waals surface area (Å²) in [5.41, 5.74) is 9.50. The molecule has 2 amide bonds. The van der Waals surface area contributed by atoms with Gasteiger partial charge in [-0.3, -0.25) is 20.4 Å². The van der Waals surface area contributed by atoms with Gasteiger partial charge in [0, 0.05) is 16.9 Å². The monoisotopic (exact) mass is 469 g/mol. The number of fused-ring (bicyclic) bond motifs is 1. The Morgan fingerprint density at radius 1 is 0.882 bits per heavy atom. The number of aromatic nitrogens is 5. The van der Waals surface area contributed by atoms with Crippen LogP contribution in [0.15, 0.2) is 90.6 Å². The standard InChI is InChI=1S/C24H19N7O2S/c32-22(29-30-23(33)18-9-11-19(12-10-18)31-15-25-14-26-31)17-7-5-16(6-8-17)13-34-24-27-20-3-1-2-4-21(20)28-24/h1-12,14-15H,13H2,(H,27,28)(H,29,32)(H,30,33). The van der Waals surface area contributed by atoms with Crippen molar-refractivity contribution in [3.8, 4) is 5.69 Å². The number of aromatic amines is 1. The fourth-order valence-corrected chi connectivity index (χ4v) is 4.11. The SMILES string of the molecule is O=C(NNC(=O)c1ccc(-n2cncn2)cc1)c1ccc(CSc2nc3ccccc3[nH]2)cc1. The second kappa shape index (κ2) is 9.59. The molecular weight excluding hydrogens is 450 g/mol. The Kier molecular flexibility index (Phi) is 6.04. The lowest BCUT2D eigenvalue weighted by Gasteiger charge is -2.08. The van der Waals surface area contributed by atoms with Gasteiger partial charge in [-0.25, -0.2) is 14.6 Å². The molecule has 0 saturated carbocycles. The number of hydrogen-bond acceptors (Lipinski definition) is 6. The number of rotatable bonds is 6. The highest BCUT2D eigenvalue weighted by atomic mass is 32.2. The van der Waals surface area contributed by atoms with E-state index in [0.717, 1.165) is 27.4 Å². The van der Waals surface area contributed by atoms with Crippen LogP contribution in [0.3, 0.4) is 0 Å². The number of nitrogens with zero attached hydrogens (tertiary/aromatic N) is 4. The summed E-state index contributed by atoms with van der Waals surface area (Å²) in [6, 6.07) is 21.9. The molecule has 0 atom stereocenters. The first-order chi connectivity index (χ1) is 16.7. The Balaban J connectivity index is 1.13. The summed E-state index contributed by atoms with van der Waals surface area (Å²) in [4.78, 5) is 36.5. The molecule has 168 valence electrons. The summed E-state index contributed by atoms with van der Waals surface area (Å²) in [5.74, 6) is -0.107. The van der Waals surface area contributed by atoms with Crippen LogP contribution in [-0.2, 0) is 5.75 Å². The van der Waals surface area contributed by atoms with Gasteiger partial charge in [-0.2, -0.15) is 5.10 Å². The highest BCUT2D eigenvalue weighted by Gasteiger charge is 2.10. The van der Waals surface area contributed by atoms with E-state index in [1.807, 2.05) is 36.4 Å². The van der Waals surface area contributed by atoms with Crippen molar-refractivity contribution in [1.29, 1.82) is 0 Å². The molecule has 10 heteroatoms. The number of carbonyl (C=O) groups is 2. The fourth-order valence-electron chi connectivity index (χ4n) is 3.27. The van der Waals surface area contributed by atoms with E-state index in [0.29, 0.717) is 16.9 Å². The van der Waals surface area contributed by atoms with Gasteiger partial charge in [-0.1, -0.05) is 36.0 Å². The second-order valence-corrected chi connectivity index (χ2v) is 8.30. The molecule has 2 heterocycles. The summed E-state index contributed by atoms with van der Waals surface area (Å²) >= 11 is 1.59. The van der Waals surface area contributed by atoms with Crippen molar-refractivity contribution in [2.75, 3.05) is 0 Å². The van der Waals surface area contributed by atoms with Gasteiger partial charge in [-0.15, -0.1) is 0 Å². The van der Waals surface area contributed by atoms with E-state index in [4.69, 9.17) is 0 Å². The number of hydrogen-bond donors (Lipinski definition) is 3. The third-order valence-electron chi connectivity index (χ3n) is 5.06. The zero-order valence-corrected chi connectivity index (χ0v) is 18.6. The molecule has 0 radical (unpaired) electrons. The summed E-state index contributed by atoms with van der Waals surface area (Å²) in [6.07, 6.45) is 3.00. The molecule has 3 aromatic carbocycles. The van der Waals surface area contributed by atoms with Crippen LogP contribution in [0, 0.1) is 0 Å². The minimum atomic E-state index is -0.419. The Morgan fingerprint density at radius 3 is 2.21 bits per heavy atom. The number of benzene rings is 3. The molecule has 9 nitrogen and oxygen atoms in total.